The molecule has 0 heterocycles. The summed E-state index contributed by atoms with van der Waals surface area (Å²) in [6.07, 6.45) is 0.0654. The number of nitrogens with one attached hydrogen (secondary N) is 1. The van der Waals surface area contributed by atoms with E-state index in [1.54, 1.807) is 7.11 Å². The summed E-state index contributed by atoms with van der Waals surface area (Å²) < 4.78 is 11.3. The molecule has 2 rings (SSSR count). The number of benzene rings is 2. The second kappa shape index (κ2) is 8.56. The minimum Gasteiger partial charge on any atom is -0.496 e. The summed E-state index contributed by atoms with van der Waals surface area (Å²) in [5.41, 5.74) is 3.18. The monoisotopic (exact) mass is 341 g/mol. The van der Waals surface area contributed by atoms with Gasteiger partial charge in [0.05, 0.1) is 13.2 Å². The van der Waals surface area contributed by atoms with Crippen molar-refractivity contribution in [3.05, 3.63) is 59.2 Å². The molecular formula is C21H27NO3. The predicted molar refractivity (Wildman–Crippen MR) is 100 cm³/mol. The quantitative estimate of drug-likeness (QED) is 0.814. The third kappa shape index (κ3) is 4.99. The van der Waals surface area contributed by atoms with Crippen molar-refractivity contribution in [1.82, 2.24) is 5.32 Å². The Balaban J connectivity index is 2.09. The van der Waals surface area contributed by atoms with Gasteiger partial charge in [-0.3, -0.25) is 4.79 Å². The van der Waals surface area contributed by atoms with Crippen LogP contribution in [0.2, 0.25) is 0 Å². The Labute approximate surface area is 150 Å². The van der Waals surface area contributed by atoms with Crippen LogP contribution in [0.25, 0.3) is 0 Å². The van der Waals surface area contributed by atoms with Gasteiger partial charge >= 0.3 is 0 Å². The molecule has 4 nitrogen and oxygen atoms in total. The number of amides is 1. The molecule has 2 aromatic rings. The van der Waals surface area contributed by atoms with Gasteiger partial charge in [-0.15, -0.1) is 0 Å². The topological polar surface area (TPSA) is 47.6 Å². The highest BCUT2D eigenvalue weighted by Crippen LogP contribution is 2.25. The summed E-state index contributed by atoms with van der Waals surface area (Å²) in [7, 11) is 1.63. The molecule has 25 heavy (non-hydrogen) atoms. The molecular weight excluding hydrogens is 314 g/mol. The van der Waals surface area contributed by atoms with Crippen LogP contribution in [0.3, 0.4) is 0 Å². The number of para-hydroxylation sites is 1. The molecule has 4 heteroatoms. The van der Waals surface area contributed by atoms with Crippen LogP contribution in [-0.4, -0.2) is 19.1 Å². The minimum atomic E-state index is -0.529. The van der Waals surface area contributed by atoms with Crippen molar-refractivity contribution in [2.24, 2.45) is 0 Å². The van der Waals surface area contributed by atoms with Crippen LogP contribution in [-0.2, 0) is 4.79 Å². The van der Waals surface area contributed by atoms with Crippen LogP contribution in [0, 0.1) is 13.8 Å². The van der Waals surface area contributed by atoms with Crippen molar-refractivity contribution in [3.8, 4) is 11.5 Å². The molecule has 0 saturated carbocycles. The molecule has 2 atom stereocenters. The Morgan fingerprint density at radius 2 is 1.76 bits per heavy atom. The van der Waals surface area contributed by atoms with Gasteiger partial charge in [-0.2, -0.15) is 0 Å². The predicted octanol–water partition coefficient (Wildman–Crippen LogP) is 4.35. The molecule has 0 spiro atoms. The normalized spacial score (nSPS) is 13.0. The van der Waals surface area contributed by atoms with E-state index in [1.807, 2.05) is 64.1 Å². The lowest BCUT2D eigenvalue weighted by Gasteiger charge is -2.22. The zero-order valence-electron chi connectivity index (χ0n) is 15.6. The molecule has 0 aliphatic rings. The fourth-order valence-corrected chi connectivity index (χ4v) is 2.90. The Morgan fingerprint density at radius 3 is 2.36 bits per heavy atom. The highest BCUT2D eigenvalue weighted by molar-refractivity contribution is 5.81. The molecule has 0 saturated heterocycles. The Bertz CT molecular complexity index is 707. The first-order valence-electron chi connectivity index (χ1n) is 8.62. The van der Waals surface area contributed by atoms with Gasteiger partial charge in [-0.05, 0) is 56.5 Å². The smallest absolute Gasteiger partial charge is 0.261 e. The van der Waals surface area contributed by atoms with E-state index in [-0.39, 0.29) is 11.9 Å². The van der Waals surface area contributed by atoms with Crippen molar-refractivity contribution in [2.45, 2.75) is 46.3 Å². The zero-order valence-corrected chi connectivity index (χ0v) is 15.6. The van der Waals surface area contributed by atoms with Gasteiger partial charge in [0.2, 0.25) is 0 Å². The third-order valence-corrected chi connectivity index (χ3v) is 4.10. The van der Waals surface area contributed by atoms with Crippen LogP contribution in [0.15, 0.2) is 42.5 Å². The van der Waals surface area contributed by atoms with Crippen molar-refractivity contribution in [2.75, 3.05) is 7.11 Å². The van der Waals surface area contributed by atoms with Gasteiger partial charge in [0.25, 0.3) is 5.91 Å². The number of hydrogen-bond donors (Lipinski definition) is 1. The largest absolute Gasteiger partial charge is 0.496 e. The van der Waals surface area contributed by atoms with E-state index < -0.39 is 6.10 Å². The van der Waals surface area contributed by atoms with Crippen LogP contribution >= 0.6 is 0 Å². The van der Waals surface area contributed by atoms with E-state index in [1.165, 1.54) is 0 Å². The number of carbonyl (C=O) groups excluding carboxylic acids is 1. The summed E-state index contributed by atoms with van der Waals surface area (Å²) >= 11 is 0. The van der Waals surface area contributed by atoms with E-state index in [2.05, 4.69) is 11.4 Å². The van der Waals surface area contributed by atoms with Crippen LogP contribution in [0.4, 0.5) is 0 Å². The van der Waals surface area contributed by atoms with Gasteiger partial charge in [0, 0.05) is 5.56 Å². The summed E-state index contributed by atoms with van der Waals surface area (Å²) in [6, 6.07) is 13.5. The maximum Gasteiger partial charge on any atom is 0.261 e. The number of aryl methyl sites for hydroxylation is 2. The lowest BCUT2D eigenvalue weighted by molar-refractivity contribution is -0.128. The van der Waals surface area contributed by atoms with E-state index >= 15 is 0 Å². The molecule has 1 amide bonds. The first-order valence-corrected chi connectivity index (χ1v) is 8.62. The Kier molecular flexibility index (Phi) is 6.45. The SMILES string of the molecule is CCC(Oc1cc(C)cc(C)c1)C(=O)NC(C)c1ccccc1OC. The first kappa shape index (κ1) is 18.8. The first-order chi connectivity index (χ1) is 11.9. The van der Waals surface area contributed by atoms with E-state index in [0.29, 0.717) is 6.42 Å². The van der Waals surface area contributed by atoms with Gasteiger partial charge in [-0.25, -0.2) is 0 Å². The number of methoxy groups -OCH3 is 1. The summed E-state index contributed by atoms with van der Waals surface area (Å²) in [5.74, 6) is 1.36. The van der Waals surface area contributed by atoms with Crippen molar-refractivity contribution < 1.29 is 14.3 Å². The van der Waals surface area contributed by atoms with Gasteiger partial charge < -0.3 is 14.8 Å². The molecule has 2 unspecified atom stereocenters. The second-order valence-corrected chi connectivity index (χ2v) is 6.31. The minimum absolute atomic E-state index is 0.125. The number of hydrogen-bond acceptors (Lipinski definition) is 3. The van der Waals surface area contributed by atoms with E-state index in [4.69, 9.17) is 9.47 Å². The summed E-state index contributed by atoms with van der Waals surface area (Å²) in [6.45, 7) is 7.93. The molecule has 0 radical (unpaired) electrons. The Hall–Kier alpha value is -2.49. The van der Waals surface area contributed by atoms with E-state index in [0.717, 1.165) is 28.2 Å². The number of rotatable bonds is 7. The van der Waals surface area contributed by atoms with Crippen LogP contribution in [0.5, 0.6) is 11.5 Å². The highest BCUT2D eigenvalue weighted by Gasteiger charge is 2.22. The maximum atomic E-state index is 12.7. The fourth-order valence-electron chi connectivity index (χ4n) is 2.90. The van der Waals surface area contributed by atoms with Gasteiger partial charge in [-0.1, -0.05) is 31.2 Å². The molecule has 2 aromatic carbocycles. The summed E-state index contributed by atoms with van der Waals surface area (Å²) in [5, 5.41) is 3.03. The molecule has 1 N–H and O–H groups in total. The van der Waals surface area contributed by atoms with Crippen LogP contribution in [0.1, 0.15) is 43.0 Å². The molecule has 0 aromatic heterocycles. The van der Waals surface area contributed by atoms with Gasteiger partial charge in [0.1, 0.15) is 11.5 Å². The molecule has 0 aliphatic carbocycles. The maximum absolute atomic E-state index is 12.7. The van der Waals surface area contributed by atoms with Crippen molar-refractivity contribution >= 4 is 5.91 Å². The van der Waals surface area contributed by atoms with Crippen molar-refractivity contribution in [3.63, 3.8) is 0 Å². The second-order valence-electron chi connectivity index (χ2n) is 6.31. The molecule has 134 valence electrons. The van der Waals surface area contributed by atoms with E-state index in [9.17, 15) is 4.79 Å². The zero-order chi connectivity index (χ0) is 18.4. The molecule has 0 fully saturated rings. The van der Waals surface area contributed by atoms with Gasteiger partial charge in [0.15, 0.2) is 6.10 Å². The standard InChI is InChI=1S/C21H27NO3/c1-6-19(25-17-12-14(2)11-15(3)13-17)21(23)22-16(4)18-9-7-8-10-20(18)24-5/h7-13,16,19H,6H2,1-5H3,(H,22,23). The Morgan fingerprint density at radius 1 is 1.12 bits per heavy atom. The lowest BCUT2D eigenvalue weighted by atomic mass is 10.1. The van der Waals surface area contributed by atoms with Crippen molar-refractivity contribution in [1.29, 1.82) is 0 Å². The average molecular weight is 341 g/mol. The fraction of sp³-hybridized carbons (Fsp3) is 0.381. The molecule has 0 bridgehead atoms. The third-order valence-electron chi connectivity index (χ3n) is 4.10. The average Bonchev–Trinajstić information content (AvgIpc) is 2.58. The van der Waals surface area contributed by atoms with Crippen LogP contribution < -0.4 is 14.8 Å². The number of ether oxygens (including phenoxy) is 2. The summed E-state index contributed by atoms with van der Waals surface area (Å²) in [4.78, 5) is 12.7. The lowest BCUT2D eigenvalue weighted by Crippen LogP contribution is -2.39. The number of carbonyl (C=O) groups is 1. The highest BCUT2D eigenvalue weighted by atomic mass is 16.5. The molecule has 0 aliphatic heterocycles.